The molecule has 120 valence electrons. The van der Waals surface area contributed by atoms with Gasteiger partial charge in [-0.15, -0.1) is 0 Å². The van der Waals surface area contributed by atoms with Crippen LogP contribution in [-0.2, 0) is 0 Å². The monoisotopic (exact) mass is 319 g/mol. The van der Waals surface area contributed by atoms with Gasteiger partial charge in [-0.2, -0.15) is 5.10 Å². The summed E-state index contributed by atoms with van der Waals surface area (Å²) < 4.78 is 0. The second kappa shape index (κ2) is 6.42. The molecule has 0 aliphatic heterocycles. The number of carbonyl (C=O) groups is 1. The van der Waals surface area contributed by atoms with E-state index >= 15 is 0 Å². The van der Waals surface area contributed by atoms with Crippen molar-refractivity contribution in [3.8, 4) is 5.75 Å². The first-order valence-corrected chi connectivity index (χ1v) is 7.47. The van der Waals surface area contributed by atoms with E-state index in [2.05, 4.69) is 10.5 Å². The number of nitrogens with zero attached hydrogens (tertiary/aromatic N) is 1. The van der Waals surface area contributed by atoms with E-state index in [1.807, 2.05) is 36.4 Å². The van der Waals surface area contributed by atoms with Crippen molar-refractivity contribution < 1.29 is 9.90 Å². The topological polar surface area (TPSA) is 87.7 Å². The summed E-state index contributed by atoms with van der Waals surface area (Å²) in [5, 5.41) is 15.9. The molecule has 0 aliphatic carbocycles. The number of anilines is 1. The molecule has 0 radical (unpaired) electrons. The van der Waals surface area contributed by atoms with Crippen molar-refractivity contribution in [1.29, 1.82) is 0 Å². The van der Waals surface area contributed by atoms with E-state index in [1.165, 1.54) is 0 Å². The van der Waals surface area contributed by atoms with Gasteiger partial charge >= 0.3 is 0 Å². The van der Waals surface area contributed by atoms with Gasteiger partial charge in [0.2, 0.25) is 0 Å². The van der Waals surface area contributed by atoms with Crippen LogP contribution in [0.25, 0.3) is 10.8 Å². The Kier molecular flexibility index (Phi) is 4.16. The van der Waals surface area contributed by atoms with E-state index in [-0.39, 0.29) is 11.3 Å². The van der Waals surface area contributed by atoms with E-state index in [9.17, 15) is 9.90 Å². The second-order valence-corrected chi connectivity index (χ2v) is 5.48. The molecule has 0 heterocycles. The molecular formula is C19H17N3O2. The van der Waals surface area contributed by atoms with Crippen LogP contribution >= 0.6 is 0 Å². The van der Waals surface area contributed by atoms with Crippen molar-refractivity contribution in [1.82, 2.24) is 5.43 Å². The van der Waals surface area contributed by atoms with Gasteiger partial charge in [-0.05, 0) is 47.5 Å². The first-order valence-electron chi connectivity index (χ1n) is 7.47. The molecule has 1 amide bonds. The van der Waals surface area contributed by atoms with Crippen LogP contribution in [0, 0.1) is 0 Å². The van der Waals surface area contributed by atoms with Crippen molar-refractivity contribution in [3.05, 3.63) is 71.8 Å². The number of hydrazone groups is 1. The average Bonchev–Trinajstić information content (AvgIpc) is 2.59. The smallest absolute Gasteiger partial charge is 0.275 e. The molecule has 0 spiro atoms. The minimum absolute atomic E-state index is 0.0773. The zero-order chi connectivity index (χ0) is 17.1. The van der Waals surface area contributed by atoms with Crippen molar-refractivity contribution in [2.24, 2.45) is 5.10 Å². The van der Waals surface area contributed by atoms with E-state index < -0.39 is 5.91 Å². The zero-order valence-electron chi connectivity index (χ0n) is 13.2. The maximum Gasteiger partial charge on any atom is 0.275 e. The van der Waals surface area contributed by atoms with Crippen LogP contribution in [0.4, 0.5) is 5.69 Å². The normalized spacial score (nSPS) is 11.5. The fraction of sp³-hybridized carbons (Fsp3) is 0.0526. The second-order valence-electron chi connectivity index (χ2n) is 5.48. The Morgan fingerprint density at radius 3 is 2.33 bits per heavy atom. The number of phenols is 1. The summed E-state index contributed by atoms with van der Waals surface area (Å²) >= 11 is 0. The summed E-state index contributed by atoms with van der Waals surface area (Å²) in [6.45, 7) is 1.78. The minimum Gasteiger partial charge on any atom is -0.507 e. The predicted octanol–water partition coefficient (Wildman–Crippen LogP) is 3.28. The van der Waals surface area contributed by atoms with Gasteiger partial charge < -0.3 is 10.8 Å². The average molecular weight is 319 g/mol. The van der Waals surface area contributed by atoms with Crippen LogP contribution in [0.3, 0.4) is 0 Å². The van der Waals surface area contributed by atoms with Gasteiger partial charge in [0.05, 0.1) is 11.3 Å². The molecule has 3 aromatic rings. The predicted molar refractivity (Wildman–Crippen MR) is 96.1 cm³/mol. The first-order chi connectivity index (χ1) is 11.5. The lowest BCUT2D eigenvalue weighted by atomic mass is 10.1. The Morgan fingerprint density at radius 2 is 1.67 bits per heavy atom. The molecular weight excluding hydrogens is 302 g/mol. The van der Waals surface area contributed by atoms with Crippen LogP contribution in [-0.4, -0.2) is 16.7 Å². The highest BCUT2D eigenvalue weighted by Gasteiger charge is 2.12. The van der Waals surface area contributed by atoms with Gasteiger partial charge in [0.25, 0.3) is 5.91 Å². The van der Waals surface area contributed by atoms with E-state index in [1.54, 1.807) is 31.2 Å². The number of rotatable bonds is 3. The number of phenolic OH excluding ortho intramolecular Hbond substituents is 1. The summed E-state index contributed by atoms with van der Waals surface area (Å²) in [6.07, 6.45) is 0. The Morgan fingerprint density at radius 1 is 1.04 bits per heavy atom. The van der Waals surface area contributed by atoms with E-state index in [4.69, 9.17) is 5.73 Å². The summed E-state index contributed by atoms with van der Waals surface area (Å²) in [4.78, 5) is 12.3. The SMILES string of the molecule is C/C(=N/NC(=O)c1cc2ccccc2cc1O)c1ccc(N)cc1. The van der Waals surface area contributed by atoms with Gasteiger partial charge in [0.1, 0.15) is 5.75 Å². The van der Waals surface area contributed by atoms with Crippen molar-refractivity contribution in [2.75, 3.05) is 5.73 Å². The van der Waals surface area contributed by atoms with Gasteiger partial charge in [0.15, 0.2) is 0 Å². The summed E-state index contributed by atoms with van der Waals surface area (Å²) in [5.74, 6) is -0.542. The lowest BCUT2D eigenvalue weighted by molar-refractivity contribution is 0.0952. The molecule has 0 bridgehead atoms. The number of nitrogens with two attached hydrogens (primary N) is 1. The number of nitrogen functional groups attached to an aromatic ring is 1. The molecule has 0 aromatic heterocycles. The maximum atomic E-state index is 12.3. The highest BCUT2D eigenvalue weighted by Crippen LogP contribution is 2.24. The van der Waals surface area contributed by atoms with E-state index in [0.29, 0.717) is 11.4 Å². The fourth-order valence-electron chi connectivity index (χ4n) is 2.39. The van der Waals surface area contributed by atoms with Gasteiger partial charge in [-0.25, -0.2) is 5.43 Å². The fourth-order valence-corrected chi connectivity index (χ4v) is 2.39. The Bertz CT molecular complexity index is 931. The maximum absolute atomic E-state index is 12.3. The molecule has 0 fully saturated rings. The standard InChI is InChI=1S/C19H17N3O2/c1-12(13-6-8-16(20)9-7-13)21-22-19(24)17-10-14-4-2-3-5-15(14)11-18(17)23/h2-11,23H,20H2,1H3,(H,22,24)/b21-12-. The van der Waals surface area contributed by atoms with Crippen LogP contribution in [0.1, 0.15) is 22.8 Å². The first kappa shape index (κ1) is 15.6. The number of amides is 1. The minimum atomic E-state index is -0.465. The molecule has 5 heteroatoms. The number of benzene rings is 3. The van der Waals surface area contributed by atoms with E-state index in [0.717, 1.165) is 16.3 Å². The third-order valence-corrected chi connectivity index (χ3v) is 3.76. The molecule has 0 saturated carbocycles. The van der Waals surface area contributed by atoms with Crippen LogP contribution in [0.5, 0.6) is 5.75 Å². The number of aromatic hydroxyl groups is 1. The summed E-state index contributed by atoms with van der Waals surface area (Å²) in [5.41, 5.74) is 10.5. The van der Waals surface area contributed by atoms with Gasteiger partial charge in [-0.3, -0.25) is 4.79 Å². The largest absolute Gasteiger partial charge is 0.507 e. The molecule has 3 rings (SSSR count). The molecule has 0 atom stereocenters. The summed E-state index contributed by atoms with van der Waals surface area (Å²) in [7, 11) is 0. The van der Waals surface area contributed by atoms with Crippen molar-refractivity contribution >= 4 is 28.1 Å². The highest BCUT2D eigenvalue weighted by atomic mass is 16.3. The molecule has 0 aliphatic rings. The number of hydrogen-bond acceptors (Lipinski definition) is 4. The van der Waals surface area contributed by atoms with Crippen LogP contribution in [0.2, 0.25) is 0 Å². The van der Waals surface area contributed by atoms with Gasteiger partial charge in [0, 0.05) is 5.69 Å². The Balaban J connectivity index is 1.83. The van der Waals surface area contributed by atoms with Gasteiger partial charge in [-0.1, -0.05) is 36.4 Å². The third-order valence-electron chi connectivity index (χ3n) is 3.76. The van der Waals surface area contributed by atoms with Crippen LogP contribution < -0.4 is 11.2 Å². The Hall–Kier alpha value is -3.34. The third kappa shape index (κ3) is 3.20. The molecule has 4 N–H and O–H groups in total. The molecule has 24 heavy (non-hydrogen) atoms. The molecule has 0 saturated heterocycles. The Labute approximate surface area is 139 Å². The lowest BCUT2D eigenvalue weighted by Crippen LogP contribution is -2.19. The van der Waals surface area contributed by atoms with Crippen molar-refractivity contribution in [3.63, 3.8) is 0 Å². The van der Waals surface area contributed by atoms with Crippen molar-refractivity contribution in [2.45, 2.75) is 6.92 Å². The number of hydrogen-bond donors (Lipinski definition) is 3. The zero-order valence-corrected chi connectivity index (χ0v) is 13.2. The molecule has 0 unspecified atom stereocenters. The summed E-state index contributed by atoms with van der Waals surface area (Å²) in [6, 6.07) is 17.9. The molecule has 3 aromatic carbocycles. The number of fused-ring (bicyclic) bond motifs is 1. The number of carbonyl (C=O) groups excluding carboxylic acids is 1. The number of nitrogens with one attached hydrogen (secondary N) is 1. The quantitative estimate of drug-likeness (QED) is 0.393. The lowest BCUT2D eigenvalue weighted by Gasteiger charge is -2.07. The highest BCUT2D eigenvalue weighted by molar-refractivity contribution is 6.03. The van der Waals surface area contributed by atoms with Crippen LogP contribution in [0.15, 0.2) is 65.8 Å². The molecule has 5 nitrogen and oxygen atoms in total.